The van der Waals surface area contributed by atoms with Gasteiger partial charge in [0.05, 0.1) is 5.39 Å². The lowest BCUT2D eigenvalue weighted by atomic mass is 9.95. The lowest BCUT2D eigenvalue weighted by Crippen LogP contribution is -2.34. The number of aromatic nitrogens is 2. The Bertz CT molecular complexity index is 627. The van der Waals surface area contributed by atoms with Gasteiger partial charge in [0.25, 0.3) is 0 Å². The predicted octanol–water partition coefficient (Wildman–Crippen LogP) is 3.37. The molecule has 2 unspecified atom stereocenters. The van der Waals surface area contributed by atoms with Gasteiger partial charge in [-0.05, 0) is 32.1 Å². The summed E-state index contributed by atoms with van der Waals surface area (Å²) < 4.78 is 0. The smallest absolute Gasteiger partial charge is 0.240 e. The van der Waals surface area contributed by atoms with E-state index in [0.29, 0.717) is 17.2 Å². The summed E-state index contributed by atoms with van der Waals surface area (Å²) in [6.07, 6.45) is 7.29. The van der Waals surface area contributed by atoms with Crippen molar-refractivity contribution in [3.05, 3.63) is 10.9 Å². The number of aryl methyl sites for hydroxylation is 1. The number of nitrogens with two attached hydrogens (primary N) is 1. The molecule has 21 heavy (non-hydrogen) atoms. The van der Waals surface area contributed by atoms with E-state index in [1.165, 1.54) is 30.6 Å². The third-order valence-corrected chi connectivity index (χ3v) is 6.09. The molecule has 5 nitrogen and oxygen atoms in total. The van der Waals surface area contributed by atoms with Crippen LogP contribution in [0, 0.1) is 6.92 Å². The largest absolute Gasteiger partial charge is 0.366 e. The van der Waals surface area contributed by atoms with E-state index in [4.69, 9.17) is 5.84 Å². The second kappa shape index (κ2) is 6.37. The van der Waals surface area contributed by atoms with Gasteiger partial charge in [-0.25, -0.2) is 10.8 Å². The van der Waals surface area contributed by atoms with Crippen LogP contribution in [0.3, 0.4) is 0 Å². The quantitative estimate of drug-likeness (QED) is 0.591. The summed E-state index contributed by atoms with van der Waals surface area (Å²) >= 11 is 3.62. The molecule has 1 aliphatic rings. The van der Waals surface area contributed by atoms with Crippen molar-refractivity contribution in [2.45, 2.75) is 43.9 Å². The van der Waals surface area contributed by atoms with Gasteiger partial charge in [0.2, 0.25) is 5.95 Å². The molecule has 1 fully saturated rings. The molecule has 0 aromatic carbocycles. The zero-order chi connectivity index (χ0) is 14.8. The highest BCUT2D eigenvalue weighted by Gasteiger charge is 2.25. The fourth-order valence-corrected chi connectivity index (χ4v) is 4.75. The lowest BCUT2D eigenvalue weighted by molar-refractivity contribution is 0.474. The summed E-state index contributed by atoms with van der Waals surface area (Å²) in [5.74, 6) is 6.88. The molecule has 0 radical (unpaired) electrons. The van der Waals surface area contributed by atoms with Crippen LogP contribution in [0.25, 0.3) is 10.2 Å². The van der Waals surface area contributed by atoms with Gasteiger partial charge in [0.15, 0.2) is 0 Å². The van der Waals surface area contributed by atoms with Crippen molar-refractivity contribution in [2.24, 2.45) is 5.84 Å². The van der Waals surface area contributed by atoms with Gasteiger partial charge in [0, 0.05) is 16.2 Å². The maximum absolute atomic E-state index is 5.50. The minimum atomic E-state index is 0.470. The average molecular weight is 323 g/mol. The first kappa shape index (κ1) is 14.9. The normalized spacial score (nSPS) is 22.4. The molecule has 2 aromatic rings. The third kappa shape index (κ3) is 3.09. The van der Waals surface area contributed by atoms with Crippen LogP contribution in [0.4, 0.5) is 11.8 Å². The Hall–Kier alpha value is -1.05. The molecule has 0 bridgehead atoms. The number of rotatable bonds is 4. The summed E-state index contributed by atoms with van der Waals surface area (Å²) in [5, 5.41) is 5.40. The molecule has 0 spiro atoms. The van der Waals surface area contributed by atoms with Crippen molar-refractivity contribution in [3.63, 3.8) is 0 Å². The Balaban J connectivity index is 1.94. The molecule has 0 aliphatic heterocycles. The summed E-state index contributed by atoms with van der Waals surface area (Å²) in [5.41, 5.74) is 2.57. The molecule has 3 rings (SSSR count). The topological polar surface area (TPSA) is 75.9 Å². The Kier molecular flexibility index (Phi) is 4.51. The first-order valence-electron chi connectivity index (χ1n) is 7.25. The molecule has 1 saturated carbocycles. The van der Waals surface area contributed by atoms with Gasteiger partial charge in [-0.2, -0.15) is 16.7 Å². The zero-order valence-electron chi connectivity index (χ0n) is 12.3. The van der Waals surface area contributed by atoms with Gasteiger partial charge in [-0.3, -0.25) is 5.43 Å². The van der Waals surface area contributed by atoms with Crippen molar-refractivity contribution < 1.29 is 0 Å². The molecule has 114 valence electrons. The second-order valence-corrected chi connectivity index (χ2v) is 7.74. The van der Waals surface area contributed by atoms with Crippen LogP contribution in [0.5, 0.6) is 0 Å². The zero-order valence-corrected chi connectivity index (χ0v) is 14.0. The molecular weight excluding hydrogens is 302 g/mol. The van der Waals surface area contributed by atoms with E-state index in [1.54, 1.807) is 11.3 Å². The van der Waals surface area contributed by atoms with E-state index in [0.717, 1.165) is 16.0 Å². The minimum Gasteiger partial charge on any atom is -0.366 e. The highest BCUT2D eigenvalue weighted by atomic mass is 32.2. The number of nitrogens with one attached hydrogen (secondary N) is 2. The van der Waals surface area contributed by atoms with Crippen LogP contribution < -0.4 is 16.6 Å². The Morgan fingerprint density at radius 2 is 2.14 bits per heavy atom. The summed E-state index contributed by atoms with van der Waals surface area (Å²) in [6, 6.07) is 2.62. The van der Waals surface area contributed by atoms with Crippen molar-refractivity contribution >= 4 is 45.1 Å². The minimum absolute atomic E-state index is 0.470. The number of nitrogen functional groups attached to an aromatic ring is 1. The number of hydrazine groups is 1. The third-order valence-electron chi connectivity index (χ3n) is 3.97. The van der Waals surface area contributed by atoms with Gasteiger partial charge in [0.1, 0.15) is 10.6 Å². The summed E-state index contributed by atoms with van der Waals surface area (Å²) in [7, 11) is 0. The molecule has 2 atom stereocenters. The Labute approximate surface area is 133 Å². The van der Waals surface area contributed by atoms with E-state index in [1.807, 2.05) is 11.8 Å². The fraction of sp³-hybridized carbons (Fsp3) is 0.571. The van der Waals surface area contributed by atoms with E-state index < -0.39 is 0 Å². The number of thioether (sulfide) groups is 1. The van der Waals surface area contributed by atoms with Crippen LogP contribution in [0.15, 0.2) is 6.07 Å². The number of hydrogen-bond donors (Lipinski definition) is 3. The van der Waals surface area contributed by atoms with Crippen LogP contribution in [-0.4, -0.2) is 27.5 Å². The second-order valence-electron chi connectivity index (χ2n) is 5.43. The van der Waals surface area contributed by atoms with Crippen molar-refractivity contribution in [3.8, 4) is 0 Å². The van der Waals surface area contributed by atoms with Crippen molar-refractivity contribution in [1.82, 2.24) is 9.97 Å². The molecule has 0 amide bonds. The fourth-order valence-electron chi connectivity index (χ4n) is 2.94. The first-order valence-corrected chi connectivity index (χ1v) is 9.36. The van der Waals surface area contributed by atoms with Gasteiger partial charge in [-0.1, -0.05) is 12.8 Å². The van der Waals surface area contributed by atoms with Gasteiger partial charge in [-0.15, -0.1) is 11.3 Å². The van der Waals surface area contributed by atoms with E-state index >= 15 is 0 Å². The number of thiophene rings is 1. The molecule has 4 N–H and O–H groups in total. The maximum atomic E-state index is 5.50. The Morgan fingerprint density at radius 3 is 2.90 bits per heavy atom. The molecule has 2 aromatic heterocycles. The van der Waals surface area contributed by atoms with Crippen LogP contribution >= 0.6 is 23.1 Å². The van der Waals surface area contributed by atoms with Crippen LogP contribution in [0.2, 0.25) is 0 Å². The predicted molar refractivity (Wildman–Crippen MR) is 93.1 cm³/mol. The molecule has 7 heteroatoms. The highest BCUT2D eigenvalue weighted by Crippen LogP contribution is 2.33. The molecule has 2 heterocycles. The van der Waals surface area contributed by atoms with Gasteiger partial charge >= 0.3 is 0 Å². The summed E-state index contributed by atoms with van der Waals surface area (Å²) in [4.78, 5) is 11.2. The monoisotopic (exact) mass is 323 g/mol. The number of hydrogen-bond acceptors (Lipinski definition) is 7. The SMILES string of the molecule is CSC1CCCCC1Nc1nc(NN)nc2sc(C)cc12. The number of fused-ring (bicyclic) bond motifs is 1. The van der Waals surface area contributed by atoms with Crippen molar-refractivity contribution in [2.75, 3.05) is 17.0 Å². The lowest BCUT2D eigenvalue weighted by Gasteiger charge is -2.31. The number of anilines is 2. The first-order chi connectivity index (χ1) is 10.2. The molecule has 0 saturated heterocycles. The summed E-state index contributed by atoms with van der Waals surface area (Å²) in [6.45, 7) is 2.09. The number of nitrogens with zero attached hydrogens (tertiary/aromatic N) is 2. The molecule has 1 aliphatic carbocycles. The van der Waals surface area contributed by atoms with Gasteiger partial charge < -0.3 is 5.32 Å². The highest BCUT2D eigenvalue weighted by molar-refractivity contribution is 7.99. The van der Waals surface area contributed by atoms with E-state index in [2.05, 4.69) is 40.0 Å². The van der Waals surface area contributed by atoms with Crippen LogP contribution in [0.1, 0.15) is 30.6 Å². The Morgan fingerprint density at radius 1 is 1.33 bits per heavy atom. The maximum Gasteiger partial charge on any atom is 0.240 e. The van der Waals surface area contributed by atoms with E-state index in [9.17, 15) is 0 Å². The van der Waals surface area contributed by atoms with Crippen molar-refractivity contribution in [1.29, 1.82) is 0 Å². The standard InChI is InChI=1S/C14H21N5S2/c1-8-7-9-12(17-14(19-15)18-13(9)21-8)16-10-5-3-4-6-11(10)20-2/h7,10-11H,3-6,15H2,1-2H3,(H2,16,17,18,19). The van der Waals surface area contributed by atoms with Crippen LogP contribution in [-0.2, 0) is 0 Å². The molecular formula is C14H21N5S2. The average Bonchev–Trinajstić information content (AvgIpc) is 2.88. The van der Waals surface area contributed by atoms with E-state index in [-0.39, 0.29) is 0 Å².